The van der Waals surface area contributed by atoms with E-state index < -0.39 is 0 Å². The van der Waals surface area contributed by atoms with Crippen molar-refractivity contribution >= 4 is 11.8 Å². The third kappa shape index (κ3) is 2.74. The maximum atomic E-state index is 12.6. The molecule has 1 aromatic rings. The van der Waals surface area contributed by atoms with Gasteiger partial charge >= 0.3 is 0 Å². The lowest BCUT2D eigenvalue weighted by atomic mass is 9.93. The molecule has 1 aromatic heterocycles. The highest BCUT2D eigenvalue weighted by atomic mass is 16.5. The number of aryl methyl sites for hydroxylation is 1. The number of hydrogen-bond acceptors (Lipinski definition) is 4. The van der Waals surface area contributed by atoms with Gasteiger partial charge in [-0.1, -0.05) is 12.1 Å². The summed E-state index contributed by atoms with van der Waals surface area (Å²) in [5.41, 5.74) is 0.327. The number of carbonyl (C=O) groups excluding carboxylic acids is 2. The minimum Gasteiger partial charge on any atom is -0.361 e. The summed E-state index contributed by atoms with van der Waals surface area (Å²) in [7, 11) is 0. The highest BCUT2D eigenvalue weighted by Gasteiger charge is 2.40. The van der Waals surface area contributed by atoms with Gasteiger partial charge in [-0.05, 0) is 32.6 Å². The monoisotopic (exact) mass is 305 g/mol. The normalized spacial score (nSPS) is 22.5. The minimum atomic E-state index is -0.147. The molecule has 120 valence electrons. The van der Waals surface area contributed by atoms with Crippen LogP contribution in [0, 0.1) is 12.8 Å². The van der Waals surface area contributed by atoms with Crippen LogP contribution >= 0.6 is 0 Å². The van der Waals surface area contributed by atoms with Crippen molar-refractivity contribution in [1.29, 1.82) is 0 Å². The summed E-state index contributed by atoms with van der Waals surface area (Å²) in [6.45, 7) is 5.75. The van der Waals surface area contributed by atoms with Crippen LogP contribution < -0.4 is 0 Å². The lowest BCUT2D eigenvalue weighted by Gasteiger charge is -2.43. The van der Waals surface area contributed by atoms with Crippen molar-refractivity contribution in [1.82, 2.24) is 15.0 Å². The molecular formula is C16H23N3O3. The average Bonchev–Trinajstić information content (AvgIpc) is 2.92. The second-order valence-electron chi connectivity index (χ2n) is 6.32. The first-order chi connectivity index (χ1) is 10.6. The Balaban J connectivity index is 1.56. The maximum absolute atomic E-state index is 12.6. The summed E-state index contributed by atoms with van der Waals surface area (Å²) < 4.78 is 4.93. The standard InChI is InChI=1S/C16H23N3O3/c1-3-13-6-4-5-7-19(13)15(20)12-9-18(10-12)16(21)14-8-11(2)22-17-14/h8,12-13H,3-7,9-10H2,1-2H3. The smallest absolute Gasteiger partial charge is 0.276 e. The van der Waals surface area contributed by atoms with E-state index in [1.54, 1.807) is 17.9 Å². The fraction of sp³-hybridized carbons (Fsp3) is 0.688. The van der Waals surface area contributed by atoms with Crippen LogP contribution in [0.1, 0.15) is 48.9 Å². The molecule has 0 aliphatic carbocycles. The predicted octanol–water partition coefficient (Wildman–Crippen LogP) is 1.85. The van der Waals surface area contributed by atoms with E-state index in [9.17, 15) is 9.59 Å². The maximum Gasteiger partial charge on any atom is 0.276 e. The van der Waals surface area contributed by atoms with E-state index in [-0.39, 0.29) is 17.7 Å². The van der Waals surface area contributed by atoms with Crippen LogP contribution in [0.15, 0.2) is 10.6 Å². The van der Waals surface area contributed by atoms with E-state index in [1.807, 2.05) is 4.90 Å². The number of hydrogen-bond donors (Lipinski definition) is 0. The van der Waals surface area contributed by atoms with Gasteiger partial charge in [-0.25, -0.2) is 0 Å². The first-order valence-electron chi connectivity index (χ1n) is 8.13. The predicted molar refractivity (Wildman–Crippen MR) is 80.3 cm³/mol. The van der Waals surface area contributed by atoms with Crippen molar-refractivity contribution in [2.24, 2.45) is 5.92 Å². The quantitative estimate of drug-likeness (QED) is 0.854. The largest absolute Gasteiger partial charge is 0.361 e. The van der Waals surface area contributed by atoms with Gasteiger partial charge in [-0.2, -0.15) is 0 Å². The van der Waals surface area contributed by atoms with Crippen molar-refractivity contribution in [2.45, 2.75) is 45.6 Å². The van der Waals surface area contributed by atoms with Crippen molar-refractivity contribution in [3.8, 4) is 0 Å². The highest BCUT2D eigenvalue weighted by molar-refractivity contribution is 5.94. The van der Waals surface area contributed by atoms with Crippen LogP contribution in [0.4, 0.5) is 0 Å². The molecule has 2 aliphatic rings. The van der Waals surface area contributed by atoms with Crippen molar-refractivity contribution in [2.75, 3.05) is 19.6 Å². The van der Waals surface area contributed by atoms with Crippen LogP contribution in [0.2, 0.25) is 0 Å². The molecule has 2 amide bonds. The second-order valence-corrected chi connectivity index (χ2v) is 6.32. The Bertz CT molecular complexity index is 563. The van der Waals surface area contributed by atoms with Crippen molar-refractivity contribution < 1.29 is 14.1 Å². The van der Waals surface area contributed by atoms with E-state index in [0.717, 1.165) is 25.8 Å². The van der Waals surface area contributed by atoms with E-state index in [0.29, 0.717) is 30.6 Å². The first-order valence-corrected chi connectivity index (χ1v) is 8.13. The molecule has 1 unspecified atom stereocenters. The molecule has 2 aliphatic heterocycles. The Kier molecular flexibility index (Phi) is 4.18. The Hall–Kier alpha value is -1.85. The van der Waals surface area contributed by atoms with Crippen LogP contribution in [0.3, 0.4) is 0 Å². The Morgan fingerprint density at radius 2 is 2.14 bits per heavy atom. The van der Waals surface area contributed by atoms with Crippen LogP contribution in [-0.2, 0) is 4.79 Å². The molecule has 2 saturated heterocycles. The van der Waals surface area contributed by atoms with Gasteiger partial charge < -0.3 is 14.3 Å². The summed E-state index contributed by atoms with van der Waals surface area (Å²) in [6, 6.07) is 2.01. The van der Waals surface area contributed by atoms with E-state index in [4.69, 9.17) is 4.52 Å². The van der Waals surface area contributed by atoms with Crippen LogP contribution in [-0.4, -0.2) is 52.4 Å². The summed E-state index contributed by atoms with van der Waals surface area (Å²) in [5, 5.41) is 3.74. The molecule has 0 bridgehead atoms. The lowest BCUT2D eigenvalue weighted by molar-refractivity contribution is -0.143. The Morgan fingerprint density at radius 1 is 1.36 bits per heavy atom. The van der Waals surface area contributed by atoms with Gasteiger partial charge in [0.1, 0.15) is 5.76 Å². The molecule has 1 atom stereocenters. The molecule has 0 aromatic carbocycles. The number of likely N-dealkylation sites (tertiary alicyclic amines) is 2. The molecule has 6 heteroatoms. The van der Waals surface area contributed by atoms with Gasteiger partial charge in [0.2, 0.25) is 5.91 Å². The second kappa shape index (κ2) is 6.10. The van der Waals surface area contributed by atoms with Gasteiger partial charge in [0, 0.05) is 31.7 Å². The number of carbonyl (C=O) groups is 2. The summed E-state index contributed by atoms with van der Waals surface area (Å²) in [5.74, 6) is 0.637. The molecule has 0 N–H and O–H groups in total. The third-order valence-corrected chi connectivity index (χ3v) is 4.75. The Morgan fingerprint density at radius 3 is 2.77 bits per heavy atom. The van der Waals surface area contributed by atoms with Gasteiger partial charge in [0.25, 0.3) is 5.91 Å². The number of nitrogens with zero attached hydrogens (tertiary/aromatic N) is 3. The zero-order valence-corrected chi connectivity index (χ0v) is 13.2. The lowest BCUT2D eigenvalue weighted by Crippen LogP contribution is -2.58. The summed E-state index contributed by atoms with van der Waals surface area (Å²) in [6.07, 6.45) is 4.42. The number of aromatic nitrogens is 1. The number of rotatable bonds is 3. The van der Waals surface area contributed by atoms with Gasteiger partial charge in [-0.15, -0.1) is 0 Å². The molecule has 0 spiro atoms. The average molecular weight is 305 g/mol. The van der Waals surface area contributed by atoms with Gasteiger partial charge in [0.05, 0.1) is 5.92 Å². The molecule has 3 heterocycles. The SMILES string of the molecule is CCC1CCCCN1C(=O)C1CN(C(=O)c2cc(C)on2)C1. The fourth-order valence-electron chi connectivity index (χ4n) is 3.38. The fourth-order valence-corrected chi connectivity index (χ4v) is 3.38. The van der Waals surface area contributed by atoms with Gasteiger partial charge in [0.15, 0.2) is 5.69 Å². The van der Waals surface area contributed by atoms with Crippen molar-refractivity contribution in [3.05, 3.63) is 17.5 Å². The first kappa shape index (κ1) is 15.1. The molecule has 0 radical (unpaired) electrons. The van der Waals surface area contributed by atoms with E-state index >= 15 is 0 Å². The zero-order chi connectivity index (χ0) is 15.7. The molecule has 6 nitrogen and oxygen atoms in total. The molecule has 3 rings (SSSR count). The Labute approximate surface area is 130 Å². The highest BCUT2D eigenvalue weighted by Crippen LogP contribution is 2.26. The molecular weight excluding hydrogens is 282 g/mol. The summed E-state index contributed by atoms with van der Waals surface area (Å²) >= 11 is 0. The minimum absolute atomic E-state index is 0.0518. The topological polar surface area (TPSA) is 66.7 Å². The third-order valence-electron chi connectivity index (χ3n) is 4.75. The molecule has 2 fully saturated rings. The van der Waals surface area contributed by atoms with Gasteiger partial charge in [-0.3, -0.25) is 9.59 Å². The van der Waals surface area contributed by atoms with E-state index in [2.05, 4.69) is 12.1 Å². The number of piperidine rings is 1. The van der Waals surface area contributed by atoms with Crippen molar-refractivity contribution in [3.63, 3.8) is 0 Å². The number of amides is 2. The van der Waals surface area contributed by atoms with Crippen LogP contribution in [0.25, 0.3) is 0 Å². The molecule has 22 heavy (non-hydrogen) atoms. The molecule has 0 saturated carbocycles. The summed E-state index contributed by atoms with van der Waals surface area (Å²) in [4.78, 5) is 28.5. The van der Waals surface area contributed by atoms with Crippen LogP contribution in [0.5, 0.6) is 0 Å². The van der Waals surface area contributed by atoms with E-state index in [1.165, 1.54) is 6.42 Å². The zero-order valence-electron chi connectivity index (χ0n) is 13.2.